The molecule has 2 aromatic heterocycles. The Hall–Kier alpha value is -3.71. The van der Waals surface area contributed by atoms with Gasteiger partial charge in [0.2, 0.25) is 5.91 Å². The smallest absolute Gasteiger partial charge is 0.221 e. The zero-order chi connectivity index (χ0) is 23.5. The molecule has 34 heavy (non-hydrogen) atoms. The molecule has 5 rings (SSSR count). The van der Waals surface area contributed by atoms with Gasteiger partial charge >= 0.3 is 0 Å². The van der Waals surface area contributed by atoms with Crippen molar-refractivity contribution < 1.29 is 19.0 Å². The molecular weight excluding hydrogens is 454 g/mol. The van der Waals surface area contributed by atoms with Gasteiger partial charge in [-0.15, -0.1) is 0 Å². The quantitative estimate of drug-likeness (QED) is 0.377. The Morgan fingerprint density at radius 2 is 2.09 bits per heavy atom. The Balaban J connectivity index is 1.34. The summed E-state index contributed by atoms with van der Waals surface area (Å²) in [4.78, 5) is 20.6. The topological polar surface area (TPSA) is 85.5 Å². The van der Waals surface area contributed by atoms with Crippen molar-refractivity contribution in [3.05, 3.63) is 83.3 Å². The molecule has 0 spiro atoms. The zero-order valence-corrected chi connectivity index (χ0v) is 19.3. The van der Waals surface area contributed by atoms with Crippen LogP contribution in [-0.4, -0.2) is 42.2 Å². The van der Waals surface area contributed by atoms with Crippen LogP contribution in [0.5, 0.6) is 17.2 Å². The summed E-state index contributed by atoms with van der Waals surface area (Å²) >= 11 is 6.01. The number of para-hydroxylation sites is 2. The summed E-state index contributed by atoms with van der Waals surface area (Å²) in [6.07, 6.45) is 3.63. The van der Waals surface area contributed by atoms with Gasteiger partial charge in [0.15, 0.2) is 11.5 Å². The van der Waals surface area contributed by atoms with Gasteiger partial charge in [0.25, 0.3) is 0 Å². The second-order valence-corrected chi connectivity index (χ2v) is 8.52. The molecule has 2 aromatic carbocycles. The Morgan fingerprint density at radius 3 is 2.88 bits per heavy atom. The molecule has 1 aliphatic heterocycles. The predicted molar refractivity (Wildman–Crippen MR) is 130 cm³/mol. The molecular formula is C26H24ClN3O4. The molecule has 174 valence electrons. The lowest BCUT2D eigenvalue weighted by Crippen LogP contribution is -2.41. The number of pyridine rings is 1. The summed E-state index contributed by atoms with van der Waals surface area (Å²) in [5.41, 5.74) is 2.85. The number of fused-ring (bicyclic) bond motifs is 2. The average molecular weight is 478 g/mol. The van der Waals surface area contributed by atoms with Crippen molar-refractivity contribution in [3.8, 4) is 17.2 Å². The number of hydrogen-bond donors (Lipinski definition) is 2. The minimum absolute atomic E-state index is 0.0975. The zero-order valence-electron chi connectivity index (χ0n) is 18.6. The first-order chi connectivity index (χ1) is 16.6. The lowest BCUT2D eigenvalue weighted by Gasteiger charge is -2.26. The first-order valence-corrected chi connectivity index (χ1v) is 11.4. The highest BCUT2D eigenvalue weighted by molar-refractivity contribution is 6.29. The molecule has 4 aromatic rings. The van der Waals surface area contributed by atoms with E-state index in [1.165, 1.54) is 0 Å². The van der Waals surface area contributed by atoms with E-state index in [0.717, 1.165) is 33.5 Å². The fourth-order valence-corrected chi connectivity index (χ4v) is 4.30. The second kappa shape index (κ2) is 9.65. The summed E-state index contributed by atoms with van der Waals surface area (Å²) in [5, 5.41) is 4.40. The number of amides is 1. The minimum Gasteiger partial charge on any atom is -0.497 e. The van der Waals surface area contributed by atoms with Gasteiger partial charge in [0.05, 0.1) is 13.7 Å². The van der Waals surface area contributed by atoms with Gasteiger partial charge in [-0.2, -0.15) is 0 Å². The second-order valence-electron chi connectivity index (χ2n) is 8.13. The minimum atomic E-state index is -0.258. The maximum absolute atomic E-state index is 13.0. The molecule has 0 aliphatic carbocycles. The van der Waals surface area contributed by atoms with Crippen molar-refractivity contribution in [1.82, 2.24) is 15.3 Å². The van der Waals surface area contributed by atoms with E-state index in [9.17, 15) is 4.79 Å². The van der Waals surface area contributed by atoms with Crippen molar-refractivity contribution in [2.24, 2.45) is 0 Å². The molecule has 3 heterocycles. The van der Waals surface area contributed by atoms with Crippen LogP contribution >= 0.6 is 11.6 Å². The van der Waals surface area contributed by atoms with E-state index in [1.807, 2.05) is 54.7 Å². The monoisotopic (exact) mass is 477 g/mol. The SMILES string of the molecule is COc1ccc2[nH]cc(C(CC(=O)NCC3COc4ccccc4O3)c3ccc(Cl)nc3)c2c1. The van der Waals surface area contributed by atoms with Crippen LogP contribution in [-0.2, 0) is 4.79 Å². The largest absolute Gasteiger partial charge is 0.497 e. The predicted octanol–water partition coefficient (Wildman–Crippen LogP) is 4.70. The number of carbonyl (C=O) groups is 1. The number of rotatable bonds is 7. The number of nitrogens with zero attached hydrogens (tertiary/aromatic N) is 1. The average Bonchev–Trinajstić information content (AvgIpc) is 3.29. The van der Waals surface area contributed by atoms with Crippen molar-refractivity contribution in [2.75, 3.05) is 20.3 Å². The molecule has 8 heteroatoms. The Morgan fingerprint density at radius 1 is 1.24 bits per heavy atom. The van der Waals surface area contributed by atoms with Crippen molar-refractivity contribution >= 4 is 28.4 Å². The number of H-pyrrole nitrogens is 1. The summed E-state index contributed by atoms with van der Waals surface area (Å²) < 4.78 is 17.1. The van der Waals surface area contributed by atoms with Crippen molar-refractivity contribution in [2.45, 2.75) is 18.4 Å². The van der Waals surface area contributed by atoms with E-state index in [4.69, 9.17) is 25.8 Å². The maximum Gasteiger partial charge on any atom is 0.221 e. The number of methoxy groups -OCH3 is 1. The fraction of sp³-hybridized carbons (Fsp3) is 0.231. The number of benzene rings is 2. The van der Waals surface area contributed by atoms with E-state index >= 15 is 0 Å². The van der Waals surface area contributed by atoms with E-state index < -0.39 is 0 Å². The van der Waals surface area contributed by atoms with Gasteiger partial charge in [-0.3, -0.25) is 4.79 Å². The van der Waals surface area contributed by atoms with Crippen molar-refractivity contribution in [1.29, 1.82) is 0 Å². The lowest BCUT2D eigenvalue weighted by atomic mass is 9.89. The highest BCUT2D eigenvalue weighted by Crippen LogP contribution is 2.35. The third-order valence-electron chi connectivity index (χ3n) is 5.93. The Labute approximate surface area is 202 Å². The molecule has 7 nitrogen and oxygen atoms in total. The van der Waals surface area contributed by atoms with Crippen molar-refractivity contribution in [3.63, 3.8) is 0 Å². The third kappa shape index (κ3) is 4.65. The van der Waals surface area contributed by atoms with Gasteiger partial charge in [-0.25, -0.2) is 4.98 Å². The number of hydrogen-bond acceptors (Lipinski definition) is 5. The van der Waals surface area contributed by atoms with Crippen LogP contribution in [0, 0.1) is 0 Å². The van der Waals surface area contributed by atoms with Crippen LogP contribution in [0.25, 0.3) is 10.9 Å². The Kier molecular flexibility index (Phi) is 6.27. The first kappa shape index (κ1) is 22.1. The molecule has 0 fully saturated rings. The van der Waals surface area contributed by atoms with Crippen LogP contribution in [0.1, 0.15) is 23.5 Å². The molecule has 1 amide bonds. The Bertz CT molecular complexity index is 1310. The standard InChI is InChI=1S/C26H24ClN3O4/c1-32-17-7-8-22-20(10-17)21(14-28-22)19(16-6-9-25(27)29-12-16)11-26(31)30-13-18-15-33-23-4-2-3-5-24(23)34-18/h2-10,12,14,18-19,28H,11,13,15H2,1H3,(H,30,31). The van der Waals surface area contributed by atoms with E-state index in [0.29, 0.717) is 24.1 Å². The summed E-state index contributed by atoms with van der Waals surface area (Å²) in [6.45, 7) is 0.727. The number of halogens is 1. The van der Waals surface area contributed by atoms with Crippen LogP contribution in [0.15, 0.2) is 67.0 Å². The van der Waals surface area contributed by atoms with Gasteiger partial charge in [0.1, 0.15) is 23.6 Å². The van der Waals surface area contributed by atoms with Crippen LogP contribution in [0.3, 0.4) is 0 Å². The van der Waals surface area contributed by atoms with Gasteiger partial charge in [-0.1, -0.05) is 29.8 Å². The summed E-state index contributed by atoms with van der Waals surface area (Å²) in [5.74, 6) is 1.83. The number of ether oxygens (including phenoxy) is 3. The van der Waals surface area contributed by atoms with Gasteiger partial charge in [-0.05, 0) is 47.5 Å². The van der Waals surface area contributed by atoms with E-state index in [1.54, 1.807) is 19.4 Å². The molecule has 1 aliphatic rings. The molecule has 0 bridgehead atoms. The number of aromatic nitrogens is 2. The van der Waals surface area contributed by atoms with Crippen LogP contribution in [0.4, 0.5) is 0 Å². The highest BCUT2D eigenvalue weighted by Gasteiger charge is 2.25. The molecule has 0 saturated heterocycles. The van der Waals surface area contributed by atoms with E-state index in [2.05, 4.69) is 15.3 Å². The number of carbonyl (C=O) groups excluding carboxylic acids is 1. The van der Waals surface area contributed by atoms with Crippen LogP contribution < -0.4 is 19.5 Å². The van der Waals surface area contributed by atoms with Crippen LogP contribution in [0.2, 0.25) is 5.15 Å². The van der Waals surface area contributed by atoms with E-state index in [-0.39, 0.29) is 24.3 Å². The molecule has 2 atom stereocenters. The molecule has 0 radical (unpaired) electrons. The van der Waals surface area contributed by atoms with Gasteiger partial charge < -0.3 is 24.5 Å². The molecule has 2 N–H and O–H groups in total. The van der Waals surface area contributed by atoms with Gasteiger partial charge in [0, 0.05) is 35.6 Å². The highest BCUT2D eigenvalue weighted by atomic mass is 35.5. The maximum atomic E-state index is 13.0. The first-order valence-electron chi connectivity index (χ1n) is 11.0. The molecule has 2 unspecified atom stereocenters. The lowest BCUT2D eigenvalue weighted by molar-refractivity contribution is -0.121. The third-order valence-corrected chi connectivity index (χ3v) is 6.16. The fourth-order valence-electron chi connectivity index (χ4n) is 4.19. The summed E-state index contributed by atoms with van der Waals surface area (Å²) in [6, 6.07) is 17.0. The summed E-state index contributed by atoms with van der Waals surface area (Å²) in [7, 11) is 1.64. The number of aromatic amines is 1. The number of nitrogens with one attached hydrogen (secondary N) is 2. The molecule has 0 saturated carbocycles. The normalized spacial score (nSPS) is 15.6.